The number of hydrogen-bond acceptors (Lipinski definition) is 9. The summed E-state index contributed by atoms with van der Waals surface area (Å²) in [5.41, 5.74) is 0.663. The highest BCUT2D eigenvalue weighted by molar-refractivity contribution is 5.96. The number of benzene rings is 3. The molecule has 0 aliphatic carbocycles. The molecule has 3 aromatic rings. The second kappa shape index (κ2) is 14.1. The van der Waals surface area contributed by atoms with Crippen LogP contribution in [0.5, 0.6) is 23.0 Å². The number of amides is 2. The largest absolute Gasteiger partial charge is 0.508 e. The number of nitrogens with zero attached hydrogens (tertiary/aromatic N) is 1. The number of carbonyl (C=O) groups excluding carboxylic acids is 3. The number of rotatable bonds is 13. The number of fused-ring (bicyclic) bond motifs is 2. The van der Waals surface area contributed by atoms with E-state index in [-0.39, 0.29) is 67.4 Å². The predicted octanol–water partition coefficient (Wildman–Crippen LogP) is 4.12. The van der Waals surface area contributed by atoms with Crippen molar-refractivity contribution in [2.24, 2.45) is 0 Å². The van der Waals surface area contributed by atoms with Crippen molar-refractivity contribution < 1.29 is 43.5 Å². The Morgan fingerprint density at radius 2 is 1.64 bits per heavy atom. The standard InChI is InChI=1S/C34H38N2O9/c1-3-24-5-4-13-36(24)32(40)21-44-16-15-43-14-12-35-33(41)22-6-9-27(23(17-22)20-37)34(42-2)28-10-7-25(38)18-30(28)45-31-19-26(39)8-11-29(31)34/h6-11,17-20,24,38-39H,3-5,12-16,21H2,1-2H3,(H,35,41). The molecule has 11 heteroatoms. The maximum absolute atomic E-state index is 13.0. The lowest BCUT2D eigenvalue weighted by atomic mass is 9.75. The van der Waals surface area contributed by atoms with Gasteiger partial charge in [0.1, 0.15) is 35.9 Å². The molecular weight excluding hydrogens is 580 g/mol. The summed E-state index contributed by atoms with van der Waals surface area (Å²) in [6.07, 6.45) is 3.68. The smallest absolute Gasteiger partial charge is 0.251 e. The molecule has 1 atom stereocenters. The zero-order chi connectivity index (χ0) is 32.0. The third-order valence-electron chi connectivity index (χ3n) is 8.33. The van der Waals surface area contributed by atoms with Crippen LogP contribution in [0.2, 0.25) is 0 Å². The van der Waals surface area contributed by atoms with E-state index in [9.17, 15) is 24.6 Å². The van der Waals surface area contributed by atoms with Crippen LogP contribution in [-0.2, 0) is 24.6 Å². The molecule has 0 radical (unpaired) electrons. The Kier molecular flexibility index (Phi) is 10.0. The van der Waals surface area contributed by atoms with Gasteiger partial charge in [-0.3, -0.25) is 14.4 Å². The lowest BCUT2D eigenvalue weighted by Crippen LogP contribution is -2.37. The summed E-state index contributed by atoms with van der Waals surface area (Å²) < 4.78 is 23.2. The minimum absolute atomic E-state index is 0.00702. The first-order valence-corrected chi connectivity index (χ1v) is 15.0. The van der Waals surface area contributed by atoms with Crippen LogP contribution in [0.3, 0.4) is 0 Å². The molecular formula is C34H38N2O9. The number of aromatic hydroxyl groups is 2. The van der Waals surface area contributed by atoms with E-state index in [0.29, 0.717) is 40.5 Å². The van der Waals surface area contributed by atoms with E-state index in [2.05, 4.69) is 12.2 Å². The number of nitrogens with one attached hydrogen (secondary N) is 1. The molecule has 3 N–H and O–H groups in total. The van der Waals surface area contributed by atoms with E-state index in [0.717, 1.165) is 25.8 Å². The molecule has 0 bridgehead atoms. The van der Waals surface area contributed by atoms with Gasteiger partial charge >= 0.3 is 0 Å². The monoisotopic (exact) mass is 618 g/mol. The molecule has 2 heterocycles. The maximum atomic E-state index is 13.0. The van der Waals surface area contributed by atoms with Crippen LogP contribution in [0, 0.1) is 0 Å². The topological polar surface area (TPSA) is 144 Å². The first-order valence-electron chi connectivity index (χ1n) is 15.0. The van der Waals surface area contributed by atoms with Gasteiger partial charge < -0.3 is 39.4 Å². The Bertz CT molecular complexity index is 1510. The molecule has 2 aliphatic rings. The Hall–Kier alpha value is -4.45. The van der Waals surface area contributed by atoms with Gasteiger partial charge in [-0.2, -0.15) is 0 Å². The van der Waals surface area contributed by atoms with Crippen LogP contribution >= 0.6 is 0 Å². The molecule has 0 spiro atoms. The second-order valence-electron chi connectivity index (χ2n) is 11.0. The first kappa shape index (κ1) is 32.0. The highest BCUT2D eigenvalue weighted by Gasteiger charge is 2.46. The van der Waals surface area contributed by atoms with Crippen molar-refractivity contribution in [3.63, 3.8) is 0 Å². The molecule has 11 nitrogen and oxygen atoms in total. The molecule has 1 saturated heterocycles. The van der Waals surface area contributed by atoms with Crippen molar-refractivity contribution in [3.05, 3.63) is 82.4 Å². The molecule has 238 valence electrons. The van der Waals surface area contributed by atoms with Gasteiger partial charge in [-0.05, 0) is 55.7 Å². The highest BCUT2D eigenvalue weighted by atomic mass is 16.5. The number of carbonyl (C=O) groups is 3. The van der Waals surface area contributed by atoms with E-state index in [4.69, 9.17) is 18.9 Å². The zero-order valence-electron chi connectivity index (χ0n) is 25.4. The van der Waals surface area contributed by atoms with Gasteiger partial charge in [0.05, 0.1) is 19.8 Å². The molecule has 1 fully saturated rings. The number of likely N-dealkylation sites (tertiary alicyclic amines) is 1. The van der Waals surface area contributed by atoms with Crippen LogP contribution in [0.25, 0.3) is 0 Å². The zero-order valence-corrected chi connectivity index (χ0v) is 25.4. The fourth-order valence-electron chi connectivity index (χ4n) is 6.17. The lowest BCUT2D eigenvalue weighted by molar-refractivity contribution is -0.137. The molecule has 0 aromatic heterocycles. The lowest BCUT2D eigenvalue weighted by Gasteiger charge is -2.40. The van der Waals surface area contributed by atoms with E-state index in [1.165, 1.54) is 37.4 Å². The molecule has 2 amide bonds. The third-order valence-corrected chi connectivity index (χ3v) is 8.33. The van der Waals surface area contributed by atoms with E-state index in [1.807, 2.05) is 4.90 Å². The second-order valence-corrected chi connectivity index (χ2v) is 11.0. The van der Waals surface area contributed by atoms with Crippen LogP contribution in [0.1, 0.15) is 63.6 Å². The van der Waals surface area contributed by atoms with Crippen LogP contribution in [0.15, 0.2) is 54.6 Å². The summed E-state index contributed by atoms with van der Waals surface area (Å²) in [5, 5.41) is 23.0. The van der Waals surface area contributed by atoms with Crippen molar-refractivity contribution in [2.45, 2.75) is 37.8 Å². The van der Waals surface area contributed by atoms with E-state index in [1.54, 1.807) is 24.3 Å². The minimum atomic E-state index is -1.34. The van der Waals surface area contributed by atoms with Crippen LogP contribution < -0.4 is 10.1 Å². The minimum Gasteiger partial charge on any atom is -0.508 e. The van der Waals surface area contributed by atoms with Gasteiger partial charge in [-0.1, -0.05) is 13.0 Å². The summed E-state index contributed by atoms with van der Waals surface area (Å²) >= 11 is 0. The van der Waals surface area contributed by atoms with E-state index >= 15 is 0 Å². The fraction of sp³-hybridized carbons (Fsp3) is 0.382. The quantitative estimate of drug-likeness (QED) is 0.190. The number of ether oxygens (including phenoxy) is 4. The Morgan fingerprint density at radius 3 is 2.29 bits per heavy atom. The normalized spacial score (nSPS) is 16.4. The van der Waals surface area contributed by atoms with E-state index < -0.39 is 5.60 Å². The van der Waals surface area contributed by atoms with Crippen molar-refractivity contribution in [3.8, 4) is 23.0 Å². The van der Waals surface area contributed by atoms with Gasteiger partial charge in [0.15, 0.2) is 5.60 Å². The van der Waals surface area contributed by atoms with Gasteiger partial charge in [-0.25, -0.2) is 0 Å². The van der Waals surface area contributed by atoms with Crippen molar-refractivity contribution in [1.29, 1.82) is 0 Å². The molecule has 45 heavy (non-hydrogen) atoms. The number of hydrogen-bond donors (Lipinski definition) is 3. The highest BCUT2D eigenvalue weighted by Crippen LogP contribution is 2.54. The number of phenols is 2. The first-order chi connectivity index (χ1) is 21.8. The Labute approximate surface area is 261 Å². The van der Waals surface area contributed by atoms with Gasteiger partial charge in [0.25, 0.3) is 5.91 Å². The maximum Gasteiger partial charge on any atom is 0.251 e. The van der Waals surface area contributed by atoms with Crippen molar-refractivity contribution >= 4 is 18.1 Å². The summed E-state index contributed by atoms with van der Waals surface area (Å²) in [6.45, 7) is 3.93. The van der Waals surface area contributed by atoms with Crippen LogP contribution in [-0.4, -0.2) is 85.9 Å². The van der Waals surface area contributed by atoms with Crippen molar-refractivity contribution in [2.75, 3.05) is 46.6 Å². The number of phenolic OH excluding ortho intramolecular Hbond substituents is 2. The van der Waals surface area contributed by atoms with Crippen LogP contribution in [0.4, 0.5) is 0 Å². The van der Waals surface area contributed by atoms with Gasteiger partial charge in [-0.15, -0.1) is 0 Å². The average Bonchev–Trinajstić information content (AvgIpc) is 3.53. The Morgan fingerprint density at radius 1 is 0.978 bits per heavy atom. The molecule has 0 saturated carbocycles. The van der Waals surface area contributed by atoms with Crippen molar-refractivity contribution in [1.82, 2.24) is 10.2 Å². The van der Waals surface area contributed by atoms with Gasteiger partial charge in [0.2, 0.25) is 5.91 Å². The summed E-state index contributed by atoms with van der Waals surface area (Å²) in [5.74, 6) is 0.149. The summed E-state index contributed by atoms with van der Waals surface area (Å²) in [4.78, 5) is 39.6. The predicted molar refractivity (Wildman–Crippen MR) is 164 cm³/mol. The molecule has 2 aliphatic heterocycles. The molecule has 5 rings (SSSR count). The molecule has 3 aromatic carbocycles. The Balaban J connectivity index is 1.21. The SMILES string of the molecule is CCC1CCCN1C(=O)COCCOCCNC(=O)c1ccc(C2(OC)c3ccc(O)cc3Oc3cc(O)ccc32)c(C=O)c1. The molecule has 1 unspecified atom stereocenters. The average molecular weight is 619 g/mol. The van der Waals surface area contributed by atoms with Gasteiger partial charge in [0, 0.05) is 66.2 Å². The fourth-order valence-corrected chi connectivity index (χ4v) is 6.17. The summed E-state index contributed by atoms with van der Waals surface area (Å²) in [6, 6.07) is 14.2. The number of methoxy groups -OCH3 is 1. The number of aldehydes is 1. The summed E-state index contributed by atoms with van der Waals surface area (Å²) in [7, 11) is 1.49. The third kappa shape index (κ3) is 6.51.